The monoisotopic (exact) mass is 286 g/mol. The van der Waals surface area contributed by atoms with Crippen LogP contribution in [0.15, 0.2) is 42.5 Å². The van der Waals surface area contributed by atoms with Gasteiger partial charge in [0, 0.05) is 6.07 Å². The highest BCUT2D eigenvalue weighted by atomic mass is 16.5. The lowest BCUT2D eigenvalue weighted by atomic mass is 10.1. The minimum atomic E-state index is -0.0323. The van der Waals surface area contributed by atoms with Crippen LogP contribution in [-0.4, -0.2) is 20.1 Å². The second-order valence-corrected chi connectivity index (χ2v) is 4.42. The summed E-state index contributed by atoms with van der Waals surface area (Å²) < 4.78 is 16.0. The summed E-state index contributed by atoms with van der Waals surface area (Å²) in [6, 6.07) is 12.8. The first-order chi connectivity index (χ1) is 10.1. The van der Waals surface area contributed by atoms with Gasteiger partial charge in [-0.25, -0.2) is 0 Å². The largest absolute Gasteiger partial charge is 0.497 e. The van der Waals surface area contributed by atoms with Gasteiger partial charge in [0.1, 0.15) is 29.7 Å². The van der Waals surface area contributed by atoms with Crippen LogP contribution in [0.4, 0.5) is 0 Å². The van der Waals surface area contributed by atoms with E-state index in [2.05, 4.69) is 0 Å². The Labute approximate surface area is 123 Å². The predicted molar refractivity (Wildman–Crippen MR) is 81.3 cm³/mol. The van der Waals surface area contributed by atoms with Gasteiger partial charge < -0.3 is 19.9 Å². The number of hydrogen-bond donors (Lipinski definition) is 2. The van der Waals surface area contributed by atoms with E-state index in [1.807, 2.05) is 30.3 Å². The van der Waals surface area contributed by atoms with Gasteiger partial charge in [0.05, 0.1) is 19.8 Å². The highest BCUT2D eigenvalue weighted by Gasteiger charge is 2.07. The first-order valence-corrected chi connectivity index (χ1v) is 6.42. The molecule has 0 aliphatic carbocycles. The van der Waals surface area contributed by atoms with Gasteiger partial charge in [-0.1, -0.05) is 12.1 Å². The highest BCUT2D eigenvalue weighted by Crippen LogP contribution is 2.22. The van der Waals surface area contributed by atoms with Gasteiger partial charge in [-0.2, -0.15) is 0 Å². The van der Waals surface area contributed by atoms with Crippen LogP contribution in [0.3, 0.4) is 0 Å². The molecule has 5 heteroatoms. The van der Waals surface area contributed by atoms with Crippen molar-refractivity contribution in [2.45, 2.75) is 6.61 Å². The summed E-state index contributed by atoms with van der Waals surface area (Å²) in [6.07, 6.45) is 0. The Hall–Kier alpha value is -2.69. The van der Waals surface area contributed by atoms with Crippen LogP contribution in [0.5, 0.6) is 17.2 Å². The molecule has 0 aliphatic rings. The maximum Gasteiger partial charge on any atom is 0.129 e. The van der Waals surface area contributed by atoms with Crippen molar-refractivity contribution in [3.8, 4) is 17.2 Å². The van der Waals surface area contributed by atoms with Crippen LogP contribution in [0.2, 0.25) is 0 Å². The molecule has 0 radical (unpaired) electrons. The van der Waals surface area contributed by atoms with Gasteiger partial charge in [-0.05, 0) is 29.8 Å². The SMILES string of the molecule is COc1cccc(OCc2ccc(OC)c(C(=N)N)c2)c1. The second kappa shape index (κ2) is 6.65. The number of ether oxygens (including phenoxy) is 3. The molecule has 0 aromatic heterocycles. The smallest absolute Gasteiger partial charge is 0.129 e. The van der Waals surface area contributed by atoms with Crippen molar-refractivity contribution in [3.63, 3.8) is 0 Å². The van der Waals surface area contributed by atoms with E-state index in [-0.39, 0.29) is 5.84 Å². The third kappa shape index (κ3) is 3.66. The average Bonchev–Trinajstić information content (AvgIpc) is 2.52. The quantitative estimate of drug-likeness (QED) is 0.632. The van der Waals surface area contributed by atoms with E-state index in [0.29, 0.717) is 17.9 Å². The number of amidine groups is 1. The molecule has 0 amide bonds. The Morgan fingerprint density at radius 2 is 1.81 bits per heavy atom. The van der Waals surface area contributed by atoms with Gasteiger partial charge >= 0.3 is 0 Å². The zero-order valence-electron chi connectivity index (χ0n) is 12.1. The fraction of sp³-hybridized carbons (Fsp3) is 0.188. The van der Waals surface area contributed by atoms with Crippen LogP contribution in [-0.2, 0) is 6.61 Å². The molecule has 0 aliphatic heterocycles. The number of methoxy groups -OCH3 is 2. The van der Waals surface area contributed by atoms with Crippen LogP contribution < -0.4 is 19.9 Å². The summed E-state index contributed by atoms with van der Waals surface area (Å²) in [7, 11) is 3.16. The molecule has 5 nitrogen and oxygen atoms in total. The van der Waals surface area contributed by atoms with Crippen LogP contribution >= 0.6 is 0 Å². The van der Waals surface area contributed by atoms with Crippen LogP contribution in [0.25, 0.3) is 0 Å². The van der Waals surface area contributed by atoms with Crippen molar-refractivity contribution in [2.24, 2.45) is 5.73 Å². The fourth-order valence-corrected chi connectivity index (χ4v) is 1.91. The second-order valence-electron chi connectivity index (χ2n) is 4.42. The third-order valence-corrected chi connectivity index (χ3v) is 3.00. The van der Waals surface area contributed by atoms with E-state index in [1.165, 1.54) is 0 Å². The molecular weight excluding hydrogens is 268 g/mol. The summed E-state index contributed by atoms with van der Waals surface area (Å²) in [4.78, 5) is 0. The summed E-state index contributed by atoms with van der Waals surface area (Å²) in [5.41, 5.74) is 7.02. The minimum Gasteiger partial charge on any atom is -0.497 e. The van der Waals surface area contributed by atoms with E-state index in [4.69, 9.17) is 25.4 Å². The first-order valence-electron chi connectivity index (χ1n) is 6.42. The van der Waals surface area contributed by atoms with E-state index in [9.17, 15) is 0 Å². The molecule has 0 unspecified atom stereocenters. The van der Waals surface area contributed by atoms with Crippen LogP contribution in [0.1, 0.15) is 11.1 Å². The Morgan fingerprint density at radius 3 is 2.48 bits per heavy atom. The molecule has 110 valence electrons. The first kappa shape index (κ1) is 14.7. The third-order valence-electron chi connectivity index (χ3n) is 3.00. The molecule has 21 heavy (non-hydrogen) atoms. The Balaban J connectivity index is 2.12. The molecule has 2 rings (SSSR count). The lowest BCUT2D eigenvalue weighted by Crippen LogP contribution is -2.13. The molecule has 0 heterocycles. The molecule has 0 atom stereocenters. The van der Waals surface area contributed by atoms with Crippen molar-refractivity contribution in [1.82, 2.24) is 0 Å². The number of hydrogen-bond acceptors (Lipinski definition) is 4. The van der Waals surface area contributed by atoms with Crippen molar-refractivity contribution < 1.29 is 14.2 Å². The highest BCUT2D eigenvalue weighted by molar-refractivity contribution is 5.97. The molecule has 0 spiro atoms. The summed E-state index contributed by atoms with van der Waals surface area (Å²) in [5, 5.41) is 7.57. The topological polar surface area (TPSA) is 77.6 Å². The Bertz CT molecular complexity index is 641. The molecule has 0 saturated carbocycles. The molecular formula is C16H18N2O3. The van der Waals surface area contributed by atoms with E-state index >= 15 is 0 Å². The predicted octanol–water partition coefficient (Wildman–Crippen LogP) is 2.57. The van der Waals surface area contributed by atoms with Crippen LogP contribution in [0, 0.1) is 5.41 Å². The van der Waals surface area contributed by atoms with Crippen molar-refractivity contribution in [3.05, 3.63) is 53.6 Å². The van der Waals surface area contributed by atoms with E-state index < -0.39 is 0 Å². The molecule has 3 N–H and O–H groups in total. The summed E-state index contributed by atoms with van der Waals surface area (Å²) >= 11 is 0. The molecule has 0 bridgehead atoms. The van der Waals surface area contributed by atoms with Crippen molar-refractivity contribution >= 4 is 5.84 Å². The van der Waals surface area contributed by atoms with E-state index in [0.717, 1.165) is 17.1 Å². The maximum absolute atomic E-state index is 7.57. The number of benzene rings is 2. The standard InChI is InChI=1S/C16H18N2O3/c1-19-12-4-3-5-13(9-12)21-10-11-6-7-15(20-2)14(8-11)16(17)18/h3-9H,10H2,1-2H3,(H3,17,18). The Morgan fingerprint density at radius 1 is 1.05 bits per heavy atom. The lowest BCUT2D eigenvalue weighted by Gasteiger charge is -2.11. The molecule has 0 saturated heterocycles. The number of nitrogens with one attached hydrogen (secondary N) is 1. The molecule has 2 aromatic rings. The van der Waals surface area contributed by atoms with Crippen molar-refractivity contribution in [2.75, 3.05) is 14.2 Å². The fourth-order valence-electron chi connectivity index (χ4n) is 1.91. The number of rotatable bonds is 6. The zero-order valence-corrected chi connectivity index (χ0v) is 12.1. The summed E-state index contributed by atoms with van der Waals surface area (Å²) in [5.74, 6) is 2.00. The zero-order chi connectivity index (χ0) is 15.2. The normalized spacial score (nSPS) is 10.0. The summed E-state index contributed by atoms with van der Waals surface area (Å²) in [6.45, 7) is 0.372. The van der Waals surface area contributed by atoms with Crippen molar-refractivity contribution in [1.29, 1.82) is 5.41 Å². The molecule has 0 fully saturated rings. The number of nitrogens with two attached hydrogens (primary N) is 1. The van der Waals surface area contributed by atoms with Gasteiger partial charge in [0.2, 0.25) is 0 Å². The lowest BCUT2D eigenvalue weighted by molar-refractivity contribution is 0.303. The van der Waals surface area contributed by atoms with Gasteiger partial charge in [-0.15, -0.1) is 0 Å². The van der Waals surface area contributed by atoms with Gasteiger partial charge in [0.15, 0.2) is 0 Å². The molecule has 2 aromatic carbocycles. The number of nitrogen functional groups attached to an aromatic ring is 1. The van der Waals surface area contributed by atoms with Gasteiger partial charge in [0.25, 0.3) is 0 Å². The minimum absolute atomic E-state index is 0.0323. The van der Waals surface area contributed by atoms with E-state index in [1.54, 1.807) is 26.4 Å². The maximum atomic E-state index is 7.57. The average molecular weight is 286 g/mol. The Kier molecular flexibility index (Phi) is 4.66. The van der Waals surface area contributed by atoms with Gasteiger partial charge in [-0.3, -0.25) is 5.41 Å².